The number of hydrogen-bond acceptors (Lipinski definition) is 4. The van der Waals surface area contributed by atoms with Gasteiger partial charge in [0.1, 0.15) is 12.6 Å². The molecule has 11 heteroatoms. The van der Waals surface area contributed by atoms with Crippen LogP contribution < -0.4 is 9.62 Å². The van der Waals surface area contributed by atoms with Gasteiger partial charge in [0, 0.05) is 17.6 Å². The largest absolute Gasteiger partial charge is 0.354 e. The van der Waals surface area contributed by atoms with E-state index in [0.29, 0.717) is 38.7 Å². The number of nitrogens with zero attached hydrogens (tertiary/aromatic N) is 2. The Morgan fingerprint density at radius 1 is 1.09 bits per heavy atom. The van der Waals surface area contributed by atoms with Crippen molar-refractivity contribution in [3.63, 3.8) is 0 Å². The minimum absolute atomic E-state index is 0.0594. The maximum atomic E-state index is 13.6. The fraction of sp³-hybridized carbons (Fsp3) is 0.391. The molecule has 0 radical (unpaired) electrons. The number of rotatable bonds is 11. The SMILES string of the molecule is CCCNC(=O)[C@@H](CC)N(Cc1ccc(Cl)c(Cl)c1)C(=O)CN(c1cccc(Br)c1)S(C)(=O)=O. The normalized spacial score (nSPS) is 12.2. The quantitative estimate of drug-likeness (QED) is 0.404. The number of hydrogen-bond donors (Lipinski definition) is 1. The minimum atomic E-state index is -3.79. The molecule has 1 atom stereocenters. The third-order valence-electron chi connectivity index (χ3n) is 5.05. The van der Waals surface area contributed by atoms with E-state index >= 15 is 0 Å². The summed E-state index contributed by atoms with van der Waals surface area (Å²) in [5.74, 6) is -0.818. The Labute approximate surface area is 219 Å². The van der Waals surface area contributed by atoms with Gasteiger partial charge in [-0.2, -0.15) is 0 Å². The monoisotopic (exact) mass is 591 g/mol. The smallest absolute Gasteiger partial charge is 0.244 e. The van der Waals surface area contributed by atoms with Crippen LogP contribution in [0.4, 0.5) is 5.69 Å². The van der Waals surface area contributed by atoms with Crippen LogP contribution in [-0.2, 0) is 26.2 Å². The zero-order valence-electron chi connectivity index (χ0n) is 19.2. The van der Waals surface area contributed by atoms with Crippen LogP contribution in [0.3, 0.4) is 0 Å². The predicted octanol–water partition coefficient (Wildman–Crippen LogP) is 4.86. The van der Waals surface area contributed by atoms with Gasteiger partial charge in [-0.1, -0.05) is 65.1 Å². The van der Waals surface area contributed by atoms with Crippen LogP contribution in [0.5, 0.6) is 0 Å². The maximum absolute atomic E-state index is 13.6. The van der Waals surface area contributed by atoms with Crippen molar-refractivity contribution in [1.82, 2.24) is 10.2 Å². The standard InChI is InChI=1S/C23H28BrCl2N3O4S/c1-4-11-27-23(31)21(5-2)28(14-16-9-10-19(25)20(26)12-16)22(30)15-29(34(3,32)33)18-8-6-7-17(24)13-18/h6-10,12-13,21H,4-5,11,14-15H2,1-3H3,(H,27,31)/t21-/m1/s1. The second kappa shape index (κ2) is 12.8. The molecule has 0 unspecified atom stereocenters. The van der Waals surface area contributed by atoms with Crippen molar-refractivity contribution in [1.29, 1.82) is 0 Å². The molecule has 0 aromatic heterocycles. The van der Waals surface area contributed by atoms with Gasteiger partial charge < -0.3 is 10.2 Å². The predicted molar refractivity (Wildman–Crippen MR) is 141 cm³/mol. The highest BCUT2D eigenvalue weighted by Crippen LogP contribution is 2.25. The Bertz CT molecular complexity index is 1130. The van der Waals surface area contributed by atoms with Crippen molar-refractivity contribution in [2.75, 3.05) is 23.7 Å². The van der Waals surface area contributed by atoms with E-state index in [1.54, 1.807) is 49.4 Å². The summed E-state index contributed by atoms with van der Waals surface area (Å²) in [6, 6.07) is 10.8. The number of halogens is 3. The molecule has 34 heavy (non-hydrogen) atoms. The minimum Gasteiger partial charge on any atom is -0.354 e. The lowest BCUT2D eigenvalue weighted by atomic mass is 10.1. The lowest BCUT2D eigenvalue weighted by molar-refractivity contribution is -0.140. The van der Waals surface area contributed by atoms with Gasteiger partial charge in [-0.15, -0.1) is 0 Å². The second-order valence-electron chi connectivity index (χ2n) is 7.73. The molecule has 0 spiro atoms. The van der Waals surface area contributed by atoms with E-state index in [0.717, 1.165) is 17.0 Å². The van der Waals surface area contributed by atoms with Crippen molar-refractivity contribution in [3.05, 3.63) is 62.5 Å². The Morgan fingerprint density at radius 3 is 2.35 bits per heavy atom. The highest BCUT2D eigenvalue weighted by atomic mass is 79.9. The highest BCUT2D eigenvalue weighted by Gasteiger charge is 2.31. The summed E-state index contributed by atoms with van der Waals surface area (Å²) in [4.78, 5) is 27.8. The van der Waals surface area contributed by atoms with Crippen LogP contribution in [0.2, 0.25) is 10.0 Å². The number of carbonyl (C=O) groups excluding carboxylic acids is 2. The average molecular weight is 593 g/mol. The average Bonchev–Trinajstić information content (AvgIpc) is 2.77. The van der Waals surface area contributed by atoms with E-state index in [2.05, 4.69) is 21.2 Å². The van der Waals surface area contributed by atoms with Crippen molar-refractivity contribution in [2.24, 2.45) is 0 Å². The second-order valence-corrected chi connectivity index (χ2v) is 11.4. The van der Waals surface area contributed by atoms with Crippen LogP contribution in [0.15, 0.2) is 46.9 Å². The van der Waals surface area contributed by atoms with E-state index in [9.17, 15) is 18.0 Å². The van der Waals surface area contributed by atoms with Gasteiger partial charge in [-0.05, 0) is 48.7 Å². The molecule has 0 aliphatic heterocycles. The molecule has 1 N–H and O–H groups in total. The molecule has 0 aliphatic rings. The first-order chi connectivity index (χ1) is 16.0. The molecule has 0 aliphatic carbocycles. The van der Waals surface area contributed by atoms with Crippen LogP contribution >= 0.6 is 39.1 Å². The molecule has 2 aromatic rings. The number of amides is 2. The maximum Gasteiger partial charge on any atom is 0.244 e. The number of nitrogens with one attached hydrogen (secondary N) is 1. The molecule has 2 aromatic carbocycles. The van der Waals surface area contributed by atoms with Gasteiger partial charge in [0.15, 0.2) is 0 Å². The molecule has 7 nitrogen and oxygen atoms in total. The first kappa shape index (κ1) is 28.4. The van der Waals surface area contributed by atoms with Gasteiger partial charge >= 0.3 is 0 Å². The van der Waals surface area contributed by atoms with Gasteiger partial charge in [0.25, 0.3) is 0 Å². The van der Waals surface area contributed by atoms with Crippen molar-refractivity contribution >= 4 is 66.7 Å². The Hall–Kier alpha value is -1.81. The zero-order valence-corrected chi connectivity index (χ0v) is 23.1. The molecule has 0 bridgehead atoms. The van der Waals surface area contributed by atoms with Gasteiger partial charge in [-0.25, -0.2) is 8.42 Å². The zero-order chi connectivity index (χ0) is 25.5. The molecule has 0 saturated heterocycles. The number of sulfonamides is 1. The van der Waals surface area contributed by atoms with Crippen LogP contribution in [0.25, 0.3) is 0 Å². The summed E-state index contributed by atoms with van der Waals surface area (Å²) < 4.78 is 26.9. The lowest BCUT2D eigenvalue weighted by Gasteiger charge is -2.33. The fourth-order valence-electron chi connectivity index (χ4n) is 3.37. The van der Waals surface area contributed by atoms with Crippen molar-refractivity contribution < 1.29 is 18.0 Å². The summed E-state index contributed by atoms with van der Waals surface area (Å²) >= 11 is 15.5. The van der Waals surface area contributed by atoms with Gasteiger partial charge in [0.05, 0.1) is 22.0 Å². The van der Waals surface area contributed by atoms with Crippen LogP contribution in [0, 0.1) is 0 Å². The van der Waals surface area contributed by atoms with Gasteiger partial charge in [0.2, 0.25) is 21.8 Å². The lowest BCUT2D eigenvalue weighted by Crippen LogP contribution is -2.52. The number of carbonyl (C=O) groups is 2. The molecule has 0 heterocycles. The van der Waals surface area contributed by atoms with E-state index < -0.39 is 28.5 Å². The van der Waals surface area contributed by atoms with Crippen LogP contribution in [0.1, 0.15) is 32.3 Å². The van der Waals surface area contributed by atoms with Crippen LogP contribution in [-0.4, -0.2) is 50.5 Å². The summed E-state index contributed by atoms with van der Waals surface area (Å²) in [6.07, 6.45) is 2.13. The summed E-state index contributed by atoms with van der Waals surface area (Å²) in [6.45, 7) is 3.80. The topological polar surface area (TPSA) is 86.8 Å². The summed E-state index contributed by atoms with van der Waals surface area (Å²) in [7, 11) is -3.79. The Kier molecular flexibility index (Phi) is 10.7. The molecule has 0 saturated carbocycles. The molecule has 0 fully saturated rings. The molecule has 2 rings (SSSR count). The Balaban J connectivity index is 2.44. The molecule has 2 amide bonds. The number of benzene rings is 2. The van der Waals surface area contributed by atoms with Crippen molar-refractivity contribution in [2.45, 2.75) is 39.3 Å². The molecule has 186 valence electrons. The van der Waals surface area contributed by atoms with E-state index in [1.165, 1.54) is 4.90 Å². The molecular weight excluding hydrogens is 565 g/mol. The van der Waals surface area contributed by atoms with Gasteiger partial charge in [-0.3, -0.25) is 13.9 Å². The first-order valence-electron chi connectivity index (χ1n) is 10.7. The first-order valence-corrected chi connectivity index (χ1v) is 14.1. The number of anilines is 1. The van der Waals surface area contributed by atoms with E-state index in [-0.39, 0.29) is 12.5 Å². The fourth-order valence-corrected chi connectivity index (χ4v) is 4.91. The Morgan fingerprint density at radius 2 is 1.79 bits per heavy atom. The molecular formula is C23H28BrCl2N3O4S. The summed E-state index contributed by atoms with van der Waals surface area (Å²) in [5, 5.41) is 3.52. The van der Waals surface area contributed by atoms with E-state index in [1.807, 2.05) is 6.92 Å². The third-order valence-corrected chi connectivity index (χ3v) is 7.42. The highest BCUT2D eigenvalue weighted by molar-refractivity contribution is 9.10. The summed E-state index contributed by atoms with van der Waals surface area (Å²) in [5.41, 5.74) is 1.00. The third kappa shape index (κ3) is 7.86. The van der Waals surface area contributed by atoms with E-state index in [4.69, 9.17) is 23.2 Å². The van der Waals surface area contributed by atoms with Crippen molar-refractivity contribution in [3.8, 4) is 0 Å².